The van der Waals surface area contributed by atoms with Crippen LogP contribution >= 0.6 is 22.9 Å². The van der Waals surface area contributed by atoms with Crippen LogP contribution < -0.4 is 0 Å². The maximum Gasteiger partial charge on any atom is 0.174 e. The summed E-state index contributed by atoms with van der Waals surface area (Å²) in [5.41, 5.74) is 0. The Bertz CT molecular complexity index is 537. The first-order valence-electron chi connectivity index (χ1n) is 5.56. The molecule has 1 atom stereocenters. The van der Waals surface area contributed by atoms with Crippen molar-refractivity contribution in [1.29, 1.82) is 0 Å². The molecule has 1 aliphatic rings. The van der Waals surface area contributed by atoms with E-state index in [1.54, 1.807) is 0 Å². The van der Waals surface area contributed by atoms with Crippen LogP contribution in [0.4, 0.5) is 0 Å². The Balaban J connectivity index is 1.96. The first kappa shape index (κ1) is 11.2. The van der Waals surface area contributed by atoms with Gasteiger partial charge < -0.3 is 9.67 Å². The molecular formula is C11H12ClN3OS. The monoisotopic (exact) mass is 269 g/mol. The molecular weight excluding hydrogens is 258 g/mol. The lowest BCUT2D eigenvalue weighted by Crippen LogP contribution is -2.22. The molecule has 0 saturated carbocycles. The van der Waals surface area contributed by atoms with Crippen LogP contribution in [0.1, 0.15) is 12.2 Å². The molecule has 3 rings (SSSR count). The van der Waals surface area contributed by atoms with E-state index in [0.29, 0.717) is 5.92 Å². The van der Waals surface area contributed by atoms with E-state index < -0.39 is 0 Å². The molecule has 0 fully saturated rings. The number of rotatable bonds is 2. The van der Waals surface area contributed by atoms with Gasteiger partial charge in [-0.1, -0.05) is 11.6 Å². The molecule has 4 nitrogen and oxygen atoms in total. The summed E-state index contributed by atoms with van der Waals surface area (Å²) in [7, 11) is 0. The van der Waals surface area contributed by atoms with Crippen LogP contribution in [0.25, 0.3) is 10.7 Å². The van der Waals surface area contributed by atoms with E-state index >= 15 is 0 Å². The maximum absolute atomic E-state index is 9.17. The van der Waals surface area contributed by atoms with Crippen molar-refractivity contribution in [1.82, 2.24) is 14.8 Å². The molecule has 0 amide bonds. The van der Waals surface area contributed by atoms with Gasteiger partial charge in [-0.2, -0.15) is 0 Å². The molecule has 17 heavy (non-hydrogen) atoms. The van der Waals surface area contributed by atoms with E-state index in [-0.39, 0.29) is 6.61 Å². The minimum atomic E-state index is 0.229. The first-order chi connectivity index (χ1) is 8.28. The summed E-state index contributed by atoms with van der Waals surface area (Å²) >= 11 is 7.45. The van der Waals surface area contributed by atoms with E-state index in [2.05, 4.69) is 14.8 Å². The third-order valence-corrected chi connectivity index (χ3v) is 4.34. The number of hydrogen-bond donors (Lipinski definition) is 1. The summed E-state index contributed by atoms with van der Waals surface area (Å²) in [6.07, 6.45) is 1.79. The topological polar surface area (TPSA) is 50.9 Å². The van der Waals surface area contributed by atoms with Gasteiger partial charge in [0.1, 0.15) is 5.82 Å². The highest BCUT2D eigenvalue weighted by atomic mass is 35.5. The highest BCUT2D eigenvalue weighted by Crippen LogP contribution is 2.32. The third kappa shape index (κ3) is 1.99. The lowest BCUT2D eigenvalue weighted by Gasteiger charge is -2.21. The zero-order valence-electron chi connectivity index (χ0n) is 9.14. The summed E-state index contributed by atoms with van der Waals surface area (Å²) in [6, 6.07) is 3.85. The van der Waals surface area contributed by atoms with Crippen LogP contribution in [0.3, 0.4) is 0 Å². The Labute approximate surface area is 108 Å². The smallest absolute Gasteiger partial charge is 0.174 e. The molecule has 2 aromatic rings. The summed E-state index contributed by atoms with van der Waals surface area (Å²) in [5.74, 6) is 2.19. The van der Waals surface area contributed by atoms with Crippen molar-refractivity contribution in [3.63, 3.8) is 0 Å². The normalized spacial score (nSPS) is 19.3. The van der Waals surface area contributed by atoms with Gasteiger partial charge >= 0.3 is 0 Å². The SMILES string of the molecule is OCC1CCn2c(nnc2-c2ccc(Cl)s2)C1. The van der Waals surface area contributed by atoms with Crippen molar-refractivity contribution in [2.75, 3.05) is 6.61 Å². The lowest BCUT2D eigenvalue weighted by atomic mass is 9.99. The van der Waals surface area contributed by atoms with E-state index in [1.807, 2.05) is 12.1 Å². The van der Waals surface area contributed by atoms with E-state index in [9.17, 15) is 5.11 Å². The average molecular weight is 270 g/mol. The predicted octanol–water partition coefficient (Wildman–Crippen LogP) is 2.21. The van der Waals surface area contributed by atoms with Crippen LogP contribution in [0, 0.1) is 5.92 Å². The second-order valence-electron chi connectivity index (χ2n) is 4.24. The van der Waals surface area contributed by atoms with E-state index in [1.165, 1.54) is 11.3 Å². The summed E-state index contributed by atoms with van der Waals surface area (Å²) < 4.78 is 2.90. The van der Waals surface area contributed by atoms with Gasteiger partial charge in [0, 0.05) is 19.6 Å². The van der Waals surface area contributed by atoms with Crippen molar-refractivity contribution < 1.29 is 5.11 Å². The fraction of sp³-hybridized carbons (Fsp3) is 0.455. The number of hydrogen-bond acceptors (Lipinski definition) is 4. The Hall–Kier alpha value is -0.910. The largest absolute Gasteiger partial charge is 0.396 e. The van der Waals surface area contributed by atoms with Crippen molar-refractivity contribution >= 4 is 22.9 Å². The fourth-order valence-electron chi connectivity index (χ4n) is 2.17. The molecule has 0 spiro atoms. The third-order valence-electron chi connectivity index (χ3n) is 3.11. The summed E-state index contributed by atoms with van der Waals surface area (Å²) in [6.45, 7) is 1.10. The van der Waals surface area contributed by atoms with Crippen LogP contribution in [0.5, 0.6) is 0 Å². The Kier molecular flexibility index (Phi) is 2.90. The van der Waals surface area contributed by atoms with Crippen LogP contribution in [-0.4, -0.2) is 26.5 Å². The van der Waals surface area contributed by atoms with Gasteiger partial charge in [-0.25, -0.2) is 0 Å². The number of aliphatic hydroxyl groups is 1. The average Bonchev–Trinajstić information content (AvgIpc) is 2.93. The van der Waals surface area contributed by atoms with Gasteiger partial charge in [0.2, 0.25) is 0 Å². The number of thiophene rings is 1. The number of fused-ring (bicyclic) bond motifs is 1. The van der Waals surface area contributed by atoms with Crippen molar-refractivity contribution in [2.24, 2.45) is 5.92 Å². The number of nitrogens with zero attached hydrogens (tertiary/aromatic N) is 3. The second kappa shape index (κ2) is 4.40. The zero-order valence-corrected chi connectivity index (χ0v) is 10.7. The molecule has 0 radical (unpaired) electrons. The molecule has 2 aromatic heterocycles. The molecule has 0 bridgehead atoms. The quantitative estimate of drug-likeness (QED) is 0.909. The van der Waals surface area contributed by atoms with E-state index in [0.717, 1.165) is 40.2 Å². The Morgan fingerprint density at radius 1 is 1.47 bits per heavy atom. The Morgan fingerprint density at radius 3 is 3.06 bits per heavy atom. The predicted molar refractivity (Wildman–Crippen MR) is 67.2 cm³/mol. The van der Waals surface area contributed by atoms with Crippen LogP contribution in [0.2, 0.25) is 4.34 Å². The molecule has 0 saturated heterocycles. The minimum Gasteiger partial charge on any atom is -0.396 e. The van der Waals surface area contributed by atoms with Gasteiger partial charge in [0.05, 0.1) is 9.21 Å². The van der Waals surface area contributed by atoms with Crippen molar-refractivity contribution in [2.45, 2.75) is 19.4 Å². The molecule has 1 unspecified atom stereocenters. The summed E-state index contributed by atoms with van der Waals surface area (Å²) in [4.78, 5) is 1.05. The van der Waals surface area contributed by atoms with Crippen molar-refractivity contribution in [3.8, 4) is 10.7 Å². The van der Waals surface area contributed by atoms with Crippen molar-refractivity contribution in [3.05, 3.63) is 22.3 Å². The highest BCUT2D eigenvalue weighted by Gasteiger charge is 2.23. The minimum absolute atomic E-state index is 0.229. The number of aromatic nitrogens is 3. The fourth-order valence-corrected chi connectivity index (χ4v) is 3.20. The zero-order chi connectivity index (χ0) is 11.8. The highest BCUT2D eigenvalue weighted by molar-refractivity contribution is 7.19. The van der Waals surface area contributed by atoms with Gasteiger partial charge in [-0.3, -0.25) is 0 Å². The summed E-state index contributed by atoms with van der Waals surface area (Å²) in [5, 5.41) is 17.6. The van der Waals surface area contributed by atoms with Gasteiger partial charge in [-0.05, 0) is 24.5 Å². The van der Waals surface area contributed by atoms with Gasteiger partial charge in [0.15, 0.2) is 5.82 Å². The maximum atomic E-state index is 9.17. The first-order valence-corrected chi connectivity index (χ1v) is 6.76. The molecule has 1 aliphatic heterocycles. The van der Waals surface area contributed by atoms with Gasteiger partial charge in [-0.15, -0.1) is 21.5 Å². The van der Waals surface area contributed by atoms with Crippen LogP contribution in [0.15, 0.2) is 12.1 Å². The molecule has 1 N–H and O–H groups in total. The molecule has 0 aromatic carbocycles. The number of halogens is 1. The lowest BCUT2D eigenvalue weighted by molar-refractivity contribution is 0.199. The van der Waals surface area contributed by atoms with Crippen LogP contribution in [-0.2, 0) is 13.0 Å². The van der Waals surface area contributed by atoms with E-state index in [4.69, 9.17) is 11.6 Å². The standard InChI is InChI=1S/C11H12ClN3OS/c12-9-2-1-8(17-9)11-14-13-10-5-7(6-16)3-4-15(10)11/h1-2,7,16H,3-6H2. The number of aliphatic hydroxyl groups excluding tert-OH is 1. The second-order valence-corrected chi connectivity index (χ2v) is 5.95. The molecule has 0 aliphatic carbocycles. The Morgan fingerprint density at radius 2 is 2.35 bits per heavy atom. The molecule has 6 heteroatoms. The molecule has 3 heterocycles. The molecule has 90 valence electrons. The van der Waals surface area contributed by atoms with Gasteiger partial charge in [0.25, 0.3) is 0 Å².